The molecule has 0 atom stereocenters. The van der Waals surface area contributed by atoms with Gasteiger partial charge in [-0.1, -0.05) is 36.4 Å². The van der Waals surface area contributed by atoms with Gasteiger partial charge in [0.2, 0.25) is 5.91 Å². The lowest BCUT2D eigenvalue weighted by Gasteiger charge is -2.20. The number of para-hydroxylation sites is 2. The van der Waals surface area contributed by atoms with Gasteiger partial charge in [0.15, 0.2) is 0 Å². The molecule has 0 saturated carbocycles. The Morgan fingerprint density at radius 2 is 1.55 bits per heavy atom. The largest absolute Gasteiger partial charge is 0.416 e. The number of carbonyl (C=O) groups is 2. The average molecular weight is 455 g/mol. The lowest BCUT2D eigenvalue weighted by atomic mass is 10.1. The summed E-state index contributed by atoms with van der Waals surface area (Å²) < 4.78 is 39.1. The smallest absolute Gasteiger partial charge is 0.355 e. The molecule has 0 unspecified atom stereocenters. The van der Waals surface area contributed by atoms with Crippen LogP contribution in [0.25, 0.3) is 0 Å². The summed E-state index contributed by atoms with van der Waals surface area (Å²) >= 11 is 0. The van der Waals surface area contributed by atoms with Crippen LogP contribution < -0.4 is 10.6 Å². The normalized spacial score (nSPS) is 11.1. The Bertz CT molecular complexity index is 1160. The third-order valence-corrected chi connectivity index (χ3v) is 5.10. The molecule has 0 saturated heterocycles. The minimum Gasteiger partial charge on any atom is -0.355 e. The number of likely N-dealkylation sites (N-methyl/N-ethyl adjacent to an activating group) is 1. The summed E-state index contributed by atoms with van der Waals surface area (Å²) in [5.74, 6) is -0.798. The van der Waals surface area contributed by atoms with Crippen LogP contribution in [0.2, 0.25) is 0 Å². The molecule has 0 fully saturated rings. The second kappa shape index (κ2) is 9.77. The van der Waals surface area contributed by atoms with Crippen molar-refractivity contribution in [3.63, 3.8) is 0 Å². The van der Waals surface area contributed by atoms with Crippen molar-refractivity contribution in [2.24, 2.45) is 0 Å². The van der Waals surface area contributed by atoms with Crippen molar-refractivity contribution in [1.29, 1.82) is 0 Å². The van der Waals surface area contributed by atoms with Crippen LogP contribution in [0.5, 0.6) is 0 Å². The second-order valence-electron chi connectivity index (χ2n) is 7.73. The number of nitrogens with zero attached hydrogens (tertiary/aromatic N) is 1. The average Bonchev–Trinajstić information content (AvgIpc) is 2.76. The number of aryl methyl sites for hydroxylation is 2. The standard InChI is InChI=1S/C25H24F3N3O2/c1-16-8-6-9-17(2)23(16)30-22(32)15-31(3)24(33)20-12-4-5-13-21(20)29-19-11-7-10-18(14-19)25(26,27)28/h4-14,29H,15H2,1-3H3,(H,30,32). The van der Waals surface area contributed by atoms with Crippen molar-refractivity contribution in [1.82, 2.24) is 4.90 Å². The van der Waals surface area contributed by atoms with Crippen molar-refractivity contribution < 1.29 is 22.8 Å². The van der Waals surface area contributed by atoms with Gasteiger partial charge in [-0.2, -0.15) is 13.2 Å². The maximum atomic E-state index is 13.0. The quantitative estimate of drug-likeness (QED) is 0.496. The van der Waals surface area contributed by atoms with Gasteiger partial charge in [-0.3, -0.25) is 9.59 Å². The number of carbonyl (C=O) groups excluding carboxylic acids is 2. The molecule has 0 aliphatic heterocycles. The molecule has 3 aromatic rings. The summed E-state index contributed by atoms with van der Waals surface area (Å²) in [7, 11) is 1.49. The fraction of sp³-hybridized carbons (Fsp3) is 0.200. The molecule has 5 nitrogen and oxygen atoms in total. The molecule has 0 aliphatic carbocycles. The van der Waals surface area contributed by atoms with E-state index >= 15 is 0 Å². The molecule has 172 valence electrons. The molecular weight excluding hydrogens is 431 g/mol. The van der Waals surface area contributed by atoms with Crippen molar-refractivity contribution in [3.05, 3.63) is 89.0 Å². The third kappa shape index (κ3) is 5.91. The van der Waals surface area contributed by atoms with Gasteiger partial charge in [-0.15, -0.1) is 0 Å². The van der Waals surface area contributed by atoms with Crippen LogP contribution in [0.1, 0.15) is 27.0 Å². The summed E-state index contributed by atoms with van der Waals surface area (Å²) in [5.41, 5.74) is 2.49. The Morgan fingerprint density at radius 1 is 0.909 bits per heavy atom. The highest BCUT2D eigenvalue weighted by Crippen LogP contribution is 2.32. The Morgan fingerprint density at radius 3 is 2.21 bits per heavy atom. The maximum Gasteiger partial charge on any atom is 0.416 e. The monoisotopic (exact) mass is 455 g/mol. The number of alkyl halides is 3. The molecule has 0 aliphatic rings. The van der Waals surface area contributed by atoms with Crippen LogP contribution in [0.3, 0.4) is 0 Å². The Kier molecular flexibility index (Phi) is 7.06. The van der Waals surface area contributed by atoms with Crippen LogP contribution in [-0.4, -0.2) is 30.3 Å². The zero-order valence-corrected chi connectivity index (χ0v) is 18.5. The van der Waals surface area contributed by atoms with Crippen molar-refractivity contribution in [2.45, 2.75) is 20.0 Å². The lowest BCUT2D eigenvalue weighted by molar-refractivity contribution is -0.137. The molecular formula is C25H24F3N3O2. The molecule has 0 radical (unpaired) electrons. The van der Waals surface area contributed by atoms with Gasteiger partial charge in [0.1, 0.15) is 0 Å². The number of hydrogen-bond acceptors (Lipinski definition) is 3. The predicted octanol–water partition coefficient (Wildman–Crippen LogP) is 5.78. The first-order valence-corrected chi connectivity index (χ1v) is 10.2. The van der Waals surface area contributed by atoms with Gasteiger partial charge in [0.25, 0.3) is 5.91 Å². The van der Waals surface area contributed by atoms with Crippen LogP contribution in [0.15, 0.2) is 66.7 Å². The summed E-state index contributed by atoms with van der Waals surface area (Å²) in [5, 5.41) is 5.72. The Labute approximate surface area is 190 Å². The molecule has 0 heterocycles. The van der Waals surface area contributed by atoms with E-state index in [4.69, 9.17) is 0 Å². The van der Waals surface area contributed by atoms with Gasteiger partial charge < -0.3 is 15.5 Å². The van der Waals surface area contributed by atoms with E-state index in [0.29, 0.717) is 11.4 Å². The van der Waals surface area contributed by atoms with Crippen LogP contribution in [-0.2, 0) is 11.0 Å². The van der Waals surface area contributed by atoms with Gasteiger partial charge in [0, 0.05) is 18.4 Å². The first-order valence-electron chi connectivity index (χ1n) is 10.2. The molecule has 2 amide bonds. The third-order valence-electron chi connectivity index (χ3n) is 5.10. The van der Waals surface area contributed by atoms with E-state index in [-0.39, 0.29) is 23.7 Å². The topological polar surface area (TPSA) is 61.4 Å². The van der Waals surface area contributed by atoms with Gasteiger partial charge in [-0.25, -0.2) is 0 Å². The van der Waals surface area contributed by atoms with Crippen LogP contribution in [0.4, 0.5) is 30.2 Å². The maximum absolute atomic E-state index is 13.0. The van der Waals surface area contributed by atoms with Gasteiger partial charge >= 0.3 is 6.18 Å². The Balaban J connectivity index is 1.75. The highest BCUT2D eigenvalue weighted by Gasteiger charge is 2.30. The predicted molar refractivity (Wildman–Crippen MR) is 123 cm³/mol. The highest BCUT2D eigenvalue weighted by atomic mass is 19.4. The van der Waals surface area contributed by atoms with E-state index in [2.05, 4.69) is 10.6 Å². The van der Waals surface area contributed by atoms with Crippen LogP contribution >= 0.6 is 0 Å². The molecule has 0 bridgehead atoms. The van der Waals surface area contributed by atoms with E-state index in [9.17, 15) is 22.8 Å². The molecule has 2 N–H and O–H groups in total. The summed E-state index contributed by atoms with van der Waals surface area (Å²) in [4.78, 5) is 26.8. The molecule has 0 spiro atoms. The highest BCUT2D eigenvalue weighted by molar-refractivity contribution is 6.03. The minimum atomic E-state index is -4.48. The summed E-state index contributed by atoms with van der Waals surface area (Å²) in [6.45, 7) is 3.57. The first-order chi connectivity index (χ1) is 15.6. The SMILES string of the molecule is Cc1cccc(C)c1NC(=O)CN(C)C(=O)c1ccccc1Nc1cccc(C(F)(F)F)c1. The second-order valence-corrected chi connectivity index (χ2v) is 7.73. The van der Waals surface area contributed by atoms with E-state index in [1.165, 1.54) is 24.1 Å². The van der Waals surface area contributed by atoms with E-state index in [1.54, 1.807) is 24.3 Å². The van der Waals surface area contributed by atoms with E-state index in [1.807, 2.05) is 32.0 Å². The van der Waals surface area contributed by atoms with Gasteiger partial charge in [-0.05, 0) is 55.3 Å². The molecule has 0 aromatic heterocycles. The number of amides is 2. The van der Waals surface area contributed by atoms with Crippen molar-refractivity contribution >= 4 is 28.9 Å². The number of rotatable bonds is 6. The summed E-state index contributed by atoms with van der Waals surface area (Å²) in [6.07, 6.45) is -4.48. The fourth-order valence-electron chi connectivity index (χ4n) is 3.39. The fourth-order valence-corrected chi connectivity index (χ4v) is 3.39. The number of benzene rings is 3. The van der Waals surface area contributed by atoms with Crippen molar-refractivity contribution in [2.75, 3.05) is 24.2 Å². The van der Waals surface area contributed by atoms with E-state index in [0.717, 1.165) is 23.3 Å². The number of halogens is 3. The lowest BCUT2D eigenvalue weighted by Crippen LogP contribution is -2.35. The van der Waals surface area contributed by atoms with Gasteiger partial charge in [0.05, 0.1) is 23.4 Å². The number of nitrogens with one attached hydrogen (secondary N) is 2. The minimum absolute atomic E-state index is 0.190. The molecule has 3 aromatic carbocycles. The zero-order chi connectivity index (χ0) is 24.2. The first kappa shape index (κ1) is 23.8. The summed E-state index contributed by atoms with van der Waals surface area (Å²) in [6, 6.07) is 16.8. The Hall–Kier alpha value is -3.81. The zero-order valence-electron chi connectivity index (χ0n) is 18.5. The van der Waals surface area contributed by atoms with Crippen molar-refractivity contribution in [3.8, 4) is 0 Å². The molecule has 8 heteroatoms. The molecule has 3 rings (SSSR count). The molecule has 33 heavy (non-hydrogen) atoms. The number of anilines is 3. The van der Waals surface area contributed by atoms with Crippen LogP contribution in [0, 0.1) is 13.8 Å². The number of hydrogen-bond donors (Lipinski definition) is 2. The van der Waals surface area contributed by atoms with E-state index < -0.39 is 17.6 Å².